The number of thioether (sulfide) groups is 2. The summed E-state index contributed by atoms with van der Waals surface area (Å²) in [6.07, 6.45) is -0.502. The predicted molar refractivity (Wildman–Crippen MR) is 319 cm³/mol. The van der Waals surface area contributed by atoms with Crippen molar-refractivity contribution in [2.45, 2.75) is 75.1 Å². The molecule has 0 spiro atoms. The van der Waals surface area contributed by atoms with Gasteiger partial charge < -0.3 is 29.9 Å². The molecule has 0 atom stereocenters. The number of carbonyl (C=O) groups excluding carboxylic acids is 4. The van der Waals surface area contributed by atoms with Crippen LogP contribution in [0.2, 0.25) is 0 Å². The number of benzene rings is 6. The van der Waals surface area contributed by atoms with Crippen LogP contribution in [0.25, 0.3) is 0 Å². The lowest BCUT2D eigenvalue weighted by molar-refractivity contribution is -0.131. The number of nitrogens with zero attached hydrogens (tertiary/aromatic N) is 2. The van der Waals surface area contributed by atoms with Crippen LogP contribution < -0.4 is 10.6 Å². The normalized spacial score (nSPS) is 13.0. The van der Waals surface area contributed by atoms with Crippen LogP contribution in [0, 0.1) is 0 Å². The van der Waals surface area contributed by atoms with E-state index in [2.05, 4.69) is 193 Å². The zero-order valence-electron chi connectivity index (χ0n) is 44.8. The molecule has 10 nitrogen and oxygen atoms in total. The summed E-state index contributed by atoms with van der Waals surface area (Å²) in [6.45, 7) is 14.1. The Bertz CT molecular complexity index is 2340. The number of amides is 4. The minimum Gasteiger partial charge on any atom is -0.444 e. The fraction of sp³-hybridized carbons (Fsp3) is 0.355. The van der Waals surface area contributed by atoms with Crippen LogP contribution in [-0.4, -0.2) is 107 Å². The van der Waals surface area contributed by atoms with Crippen molar-refractivity contribution in [3.8, 4) is 0 Å². The largest absolute Gasteiger partial charge is 0.444 e. The second-order valence-electron chi connectivity index (χ2n) is 20.0. The van der Waals surface area contributed by atoms with E-state index in [-0.39, 0.29) is 24.8 Å². The molecule has 7 rings (SSSR count). The molecule has 0 aromatic heterocycles. The molecule has 2 N–H and O–H groups in total. The number of hydrogen-bond donors (Lipinski definition) is 2. The number of hydrogen-bond acceptors (Lipinski definition) is 10. The fourth-order valence-corrected chi connectivity index (χ4v) is 13.8. The minimum atomic E-state index is -0.625. The summed E-state index contributed by atoms with van der Waals surface area (Å²) in [4.78, 5) is 54.0. The minimum absolute atomic E-state index is 0.0123. The molecule has 0 unspecified atom stereocenters. The SMILES string of the molecule is CC(C)(C)OC(=O)NCCC(=O)N(CCSC(c1ccccc1)(c1ccccc1)c1ccccc1)CCSC(c1ccccc1)(c1ccccc1)c1ccccc1.CC(C)(C)OC(=O)NCCC(=O)N1CCSSCC1. The molecule has 6 aromatic carbocycles. The predicted octanol–water partition coefficient (Wildman–Crippen LogP) is 13.3. The number of alkyl carbamates (subject to hydrolysis) is 2. The molecule has 4 amide bonds. The summed E-state index contributed by atoms with van der Waals surface area (Å²) in [5, 5.41) is 5.40. The van der Waals surface area contributed by atoms with E-state index in [0.29, 0.717) is 37.6 Å². The van der Waals surface area contributed by atoms with Crippen molar-refractivity contribution < 1.29 is 28.7 Å². The molecule has 6 aromatic rings. The highest BCUT2D eigenvalue weighted by atomic mass is 33.1. The van der Waals surface area contributed by atoms with E-state index in [1.807, 2.05) is 74.9 Å². The molecule has 1 saturated heterocycles. The van der Waals surface area contributed by atoms with Crippen molar-refractivity contribution in [2.24, 2.45) is 0 Å². The van der Waals surface area contributed by atoms with Crippen LogP contribution in [0.15, 0.2) is 182 Å². The van der Waals surface area contributed by atoms with E-state index in [1.54, 1.807) is 21.6 Å². The second-order valence-corrected chi connectivity index (χ2v) is 25.3. The Kier molecular flexibility index (Phi) is 23.2. The van der Waals surface area contributed by atoms with E-state index in [0.717, 1.165) is 24.6 Å². The standard InChI is InChI=1S/C50H52N2O3S2.C12H22N2O3S2/c1-48(2,3)55-47(54)51-35-34-46(53)52(36-38-56-49(40-22-10-4-11-23-40,41-24-12-5-13-25-41)42-26-14-6-15-27-42)37-39-57-50(43-28-16-7-17-29-43,44-30-18-8-19-31-44)45-32-20-9-21-33-45;1-12(2,3)17-11(16)13-5-4-10(15)14-6-8-18-19-9-7-14/h4-33H,34-39H2,1-3H3,(H,51,54);4-9H2,1-3H3,(H,13,16). The molecule has 1 fully saturated rings. The molecule has 0 saturated carbocycles. The fourth-order valence-electron chi connectivity index (χ4n) is 8.78. The average molecular weight is 1100 g/mol. The molecule has 0 radical (unpaired) electrons. The van der Waals surface area contributed by atoms with Crippen molar-refractivity contribution in [2.75, 3.05) is 62.3 Å². The maximum absolute atomic E-state index is 14.3. The van der Waals surface area contributed by atoms with Crippen molar-refractivity contribution in [1.82, 2.24) is 20.4 Å². The maximum Gasteiger partial charge on any atom is 0.407 e. The van der Waals surface area contributed by atoms with Gasteiger partial charge in [0.1, 0.15) is 11.2 Å². The molecule has 1 aliphatic heterocycles. The lowest BCUT2D eigenvalue weighted by Gasteiger charge is -2.37. The van der Waals surface area contributed by atoms with Crippen LogP contribution in [0.1, 0.15) is 87.8 Å². The van der Waals surface area contributed by atoms with Crippen LogP contribution in [0.5, 0.6) is 0 Å². The highest BCUT2D eigenvalue weighted by Crippen LogP contribution is 2.50. The molecule has 402 valence electrons. The van der Waals surface area contributed by atoms with Gasteiger partial charge in [0.2, 0.25) is 11.8 Å². The summed E-state index contributed by atoms with van der Waals surface area (Å²) >= 11 is 3.70. The van der Waals surface area contributed by atoms with E-state index in [4.69, 9.17) is 9.47 Å². The van der Waals surface area contributed by atoms with Crippen molar-refractivity contribution in [3.05, 3.63) is 215 Å². The molecule has 1 heterocycles. The zero-order valence-corrected chi connectivity index (χ0v) is 48.0. The number of carbonyl (C=O) groups is 4. The zero-order chi connectivity index (χ0) is 54.3. The van der Waals surface area contributed by atoms with Crippen LogP contribution in [0.3, 0.4) is 0 Å². The van der Waals surface area contributed by atoms with Crippen LogP contribution in [0.4, 0.5) is 9.59 Å². The lowest BCUT2D eigenvalue weighted by atomic mass is 9.84. The summed E-state index contributed by atoms with van der Waals surface area (Å²) in [5.74, 6) is 3.37. The molecule has 1 aliphatic rings. The summed E-state index contributed by atoms with van der Waals surface area (Å²) in [7, 11) is 3.61. The first-order valence-corrected chi connectivity index (χ1v) is 30.4. The van der Waals surface area contributed by atoms with Gasteiger partial charge in [-0.25, -0.2) is 9.59 Å². The van der Waals surface area contributed by atoms with Gasteiger partial charge >= 0.3 is 12.2 Å². The molecule has 76 heavy (non-hydrogen) atoms. The van der Waals surface area contributed by atoms with Crippen LogP contribution in [-0.2, 0) is 28.6 Å². The Balaban J connectivity index is 0.000000416. The van der Waals surface area contributed by atoms with Gasteiger partial charge in [0.05, 0.1) is 9.49 Å². The number of rotatable bonds is 20. The molecule has 14 heteroatoms. The van der Waals surface area contributed by atoms with Crippen molar-refractivity contribution in [1.29, 1.82) is 0 Å². The third-order valence-corrected chi connectivity index (χ3v) is 17.6. The Hall–Kier alpha value is -5.80. The van der Waals surface area contributed by atoms with Crippen molar-refractivity contribution in [3.63, 3.8) is 0 Å². The van der Waals surface area contributed by atoms with E-state index >= 15 is 0 Å². The quantitative estimate of drug-likeness (QED) is 0.0565. The first-order valence-electron chi connectivity index (χ1n) is 26.0. The first kappa shape index (κ1) is 59.4. The number of nitrogens with one attached hydrogen (secondary N) is 2. The van der Waals surface area contributed by atoms with Gasteiger partial charge in [-0.15, -0.1) is 23.5 Å². The lowest BCUT2D eigenvalue weighted by Crippen LogP contribution is -2.39. The molecule has 0 bridgehead atoms. The Morgan fingerprint density at radius 2 is 0.763 bits per heavy atom. The van der Waals surface area contributed by atoms with Gasteiger partial charge in [-0.2, -0.15) is 0 Å². The van der Waals surface area contributed by atoms with Gasteiger partial charge in [0.25, 0.3) is 0 Å². The van der Waals surface area contributed by atoms with E-state index < -0.39 is 32.9 Å². The average Bonchev–Trinajstić information content (AvgIpc) is 3.72. The molecular weight excluding hydrogens is 1020 g/mol. The summed E-state index contributed by atoms with van der Waals surface area (Å²) in [5.41, 5.74) is 5.96. The van der Waals surface area contributed by atoms with E-state index in [9.17, 15) is 19.2 Å². The maximum atomic E-state index is 14.3. The number of ether oxygens (including phenoxy) is 2. The topological polar surface area (TPSA) is 117 Å². The second kappa shape index (κ2) is 29.6. The highest BCUT2D eigenvalue weighted by Gasteiger charge is 2.39. The molecular formula is C62H74N4O6S4. The summed E-state index contributed by atoms with van der Waals surface area (Å²) in [6, 6.07) is 63.9. The van der Waals surface area contributed by atoms with Crippen molar-refractivity contribution >= 4 is 69.1 Å². The Morgan fingerprint density at radius 3 is 1.05 bits per heavy atom. The monoisotopic (exact) mass is 1100 g/mol. The van der Waals surface area contributed by atoms with Gasteiger partial charge in [-0.3, -0.25) is 9.59 Å². The smallest absolute Gasteiger partial charge is 0.407 e. The van der Waals surface area contributed by atoms with Gasteiger partial charge in [-0.05, 0) is 74.9 Å². The third-order valence-electron chi connectivity index (χ3n) is 12.1. The van der Waals surface area contributed by atoms with Gasteiger partial charge in [0.15, 0.2) is 0 Å². The van der Waals surface area contributed by atoms with E-state index in [1.165, 1.54) is 33.4 Å². The first-order chi connectivity index (χ1) is 36.6. The Morgan fingerprint density at radius 1 is 0.474 bits per heavy atom. The van der Waals surface area contributed by atoms with Gasteiger partial charge in [-0.1, -0.05) is 204 Å². The highest BCUT2D eigenvalue weighted by molar-refractivity contribution is 8.76. The Labute approximate surface area is 468 Å². The van der Waals surface area contributed by atoms with Gasteiger partial charge in [0, 0.05) is 75.1 Å². The van der Waals surface area contributed by atoms with Crippen LogP contribution >= 0.6 is 45.1 Å². The summed E-state index contributed by atoms with van der Waals surface area (Å²) < 4.78 is 9.55. The third kappa shape index (κ3) is 17.9. The molecule has 0 aliphatic carbocycles.